The first kappa shape index (κ1) is 20.1. The van der Waals surface area contributed by atoms with Gasteiger partial charge in [-0.15, -0.1) is 6.58 Å². The lowest BCUT2D eigenvalue weighted by atomic mass is 9.95. The summed E-state index contributed by atoms with van der Waals surface area (Å²) in [6.07, 6.45) is 1.89. The molecular weight excluding hydrogens is 365 g/mol. The van der Waals surface area contributed by atoms with Crippen LogP contribution in [0.5, 0.6) is 5.75 Å². The molecule has 0 aliphatic heterocycles. The second-order valence-electron chi connectivity index (χ2n) is 6.76. The Labute approximate surface area is 167 Å². The summed E-state index contributed by atoms with van der Waals surface area (Å²) < 4.78 is 19.7. The first-order valence-electron chi connectivity index (χ1n) is 9.34. The van der Waals surface area contributed by atoms with Crippen molar-refractivity contribution in [3.63, 3.8) is 0 Å². The van der Waals surface area contributed by atoms with Gasteiger partial charge in [-0.05, 0) is 47.9 Å². The topological polar surface area (TPSA) is 38.3 Å². The van der Waals surface area contributed by atoms with Gasteiger partial charge in [0.2, 0.25) is 7.29 Å². The van der Waals surface area contributed by atoms with Gasteiger partial charge in [0.25, 0.3) is 0 Å². The summed E-state index contributed by atoms with van der Waals surface area (Å²) in [5.74, 6) is 0.872. The minimum atomic E-state index is -3.06. The average molecular weight is 391 g/mol. The second-order valence-corrected chi connectivity index (χ2v) is 9.26. The van der Waals surface area contributed by atoms with Crippen LogP contribution < -0.4 is 20.4 Å². The zero-order valence-corrected chi connectivity index (χ0v) is 17.2. The fourth-order valence-corrected chi connectivity index (χ4v) is 5.77. The molecule has 0 saturated carbocycles. The van der Waals surface area contributed by atoms with Crippen LogP contribution in [0, 0.1) is 5.92 Å². The molecule has 0 aliphatic carbocycles. The minimum absolute atomic E-state index is 0.0779. The molecule has 0 amide bonds. The van der Waals surface area contributed by atoms with E-state index in [1.54, 1.807) is 7.11 Å². The van der Waals surface area contributed by atoms with Gasteiger partial charge in [0, 0.05) is 16.7 Å². The maximum absolute atomic E-state index is 14.4. The lowest BCUT2D eigenvalue weighted by Gasteiger charge is -2.30. The SMILES string of the molecule is C=CC(C)C(NP(=O)(c1ccccc1)c1ccccc1)c1ccc(OC)cc1. The van der Waals surface area contributed by atoms with E-state index < -0.39 is 7.29 Å². The number of methoxy groups -OCH3 is 1. The molecule has 2 unspecified atom stereocenters. The molecule has 0 radical (unpaired) electrons. The summed E-state index contributed by atoms with van der Waals surface area (Å²) in [4.78, 5) is 0. The third-order valence-electron chi connectivity index (χ3n) is 4.93. The van der Waals surface area contributed by atoms with Crippen LogP contribution in [0.1, 0.15) is 18.5 Å². The summed E-state index contributed by atoms with van der Waals surface area (Å²) in [7, 11) is -1.41. The van der Waals surface area contributed by atoms with Gasteiger partial charge in [-0.2, -0.15) is 0 Å². The third-order valence-corrected chi connectivity index (χ3v) is 7.63. The van der Waals surface area contributed by atoms with Gasteiger partial charge >= 0.3 is 0 Å². The number of hydrogen-bond acceptors (Lipinski definition) is 2. The largest absolute Gasteiger partial charge is 0.497 e. The molecule has 4 heteroatoms. The lowest BCUT2D eigenvalue weighted by Crippen LogP contribution is -2.33. The smallest absolute Gasteiger partial charge is 0.205 e. The Morgan fingerprint density at radius 2 is 1.39 bits per heavy atom. The van der Waals surface area contributed by atoms with Gasteiger partial charge in [0.1, 0.15) is 5.75 Å². The maximum Gasteiger partial charge on any atom is 0.205 e. The van der Waals surface area contributed by atoms with E-state index in [1.165, 1.54) is 0 Å². The number of ether oxygens (including phenoxy) is 1. The third kappa shape index (κ3) is 4.27. The molecule has 144 valence electrons. The Morgan fingerprint density at radius 1 is 0.893 bits per heavy atom. The Balaban J connectivity index is 2.08. The molecule has 0 heterocycles. The first-order chi connectivity index (χ1) is 13.6. The van der Waals surface area contributed by atoms with Crippen molar-refractivity contribution in [2.24, 2.45) is 5.92 Å². The molecule has 0 aromatic heterocycles. The monoisotopic (exact) mass is 391 g/mol. The van der Waals surface area contributed by atoms with Gasteiger partial charge < -0.3 is 4.74 Å². The standard InChI is InChI=1S/C24H26NO2P/c1-4-19(2)24(20-15-17-21(27-3)18-16-20)25-28(26,22-11-7-5-8-12-22)23-13-9-6-10-14-23/h4-19,24H,1H2,2-3H3,(H,25,26). The summed E-state index contributed by atoms with van der Waals surface area (Å²) in [5.41, 5.74) is 1.04. The fourth-order valence-electron chi connectivity index (χ4n) is 3.21. The normalized spacial score (nSPS) is 13.5. The molecule has 0 spiro atoms. The van der Waals surface area contributed by atoms with Crippen molar-refractivity contribution in [2.75, 3.05) is 7.11 Å². The Morgan fingerprint density at radius 3 is 1.82 bits per heavy atom. The number of rotatable bonds is 8. The Bertz CT molecular complexity index is 896. The van der Waals surface area contributed by atoms with Crippen molar-refractivity contribution in [3.05, 3.63) is 103 Å². The molecule has 28 heavy (non-hydrogen) atoms. The van der Waals surface area contributed by atoms with Crippen molar-refractivity contribution in [1.82, 2.24) is 5.09 Å². The maximum atomic E-state index is 14.4. The van der Waals surface area contributed by atoms with E-state index in [9.17, 15) is 4.57 Å². The summed E-state index contributed by atoms with van der Waals surface area (Å²) in [6, 6.07) is 27.0. The first-order valence-corrected chi connectivity index (χ1v) is 11.0. The summed E-state index contributed by atoms with van der Waals surface area (Å²) in [6.45, 7) is 6.04. The molecule has 3 rings (SSSR count). The van der Waals surface area contributed by atoms with Crippen LogP contribution in [0.15, 0.2) is 97.6 Å². The van der Waals surface area contributed by atoms with Gasteiger partial charge in [0.05, 0.1) is 7.11 Å². The fraction of sp³-hybridized carbons (Fsp3) is 0.167. The van der Waals surface area contributed by atoms with Crippen molar-refractivity contribution < 1.29 is 9.30 Å². The van der Waals surface area contributed by atoms with Crippen LogP contribution in [0.2, 0.25) is 0 Å². The second kappa shape index (κ2) is 9.05. The van der Waals surface area contributed by atoms with Crippen LogP contribution >= 0.6 is 7.29 Å². The molecule has 2 atom stereocenters. The van der Waals surface area contributed by atoms with Crippen LogP contribution in [-0.4, -0.2) is 7.11 Å². The molecule has 0 bridgehead atoms. The zero-order chi connectivity index (χ0) is 20.0. The predicted octanol–water partition coefficient (Wildman–Crippen LogP) is 5.08. The van der Waals surface area contributed by atoms with Crippen LogP contribution in [-0.2, 0) is 4.57 Å². The molecule has 0 saturated heterocycles. The highest BCUT2D eigenvalue weighted by Crippen LogP contribution is 2.43. The van der Waals surface area contributed by atoms with E-state index in [4.69, 9.17) is 4.74 Å². The van der Waals surface area contributed by atoms with E-state index in [-0.39, 0.29) is 12.0 Å². The van der Waals surface area contributed by atoms with Gasteiger partial charge in [-0.3, -0.25) is 9.65 Å². The zero-order valence-electron chi connectivity index (χ0n) is 16.3. The molecule has 0 aliphatic rings. The van der Waals surface area contributed by atoms with Crippen LogP contribution in [0.3, 0.4) is 0 Å². The van der Waals surface area contributed by atoms with E-state index in [1.807, 2.05) is 91.0 Å². The molecule has 3 nitrogen and oxygen atoms in total. The molecule has 1 N–H and O–H groups in total. The molecular formula is C24H26NO2P. The minimum Gasteiger partial charge on any atom is -0.497 e. The highest BCUT2D eigenvalue weighted by Gasteiger charge is 2.32. The number of nitrogens with one attached hydrogen (secondary N) is 1. The predicted molar refractivity (Wildman–Crippen MR) is 118 cm³/mol. The van der Waals surface area contributed by atoms with Crippen molar-refractivity contribution in [3.8, 4) is 5.75 Å². The highest BCUT2D eigenvalue weighted by atomic mass is 31.2. The van der Waals surface area contributed by atoms with Gasteiger partial charge in [0.15, 0.2) is 0 Å². The highest BCUT2D eigenvalue weighted by molar-refractivity contribution is 7.76. The van der Waals surface area contributed by atoms with Crippen molar-refractivity contribution >= 4 is 17.9 Å². The Kier molecular flexibility index (Phi) is 6.51. The number of hydrogen-bond donors (Lipinski definition) is 1. The summed E-state index contributed by atoms with van der Waals surface area (Å²) >= 11 is 0. The lowest BCUT2D eigenvalue weighted by molar-refractivity contribution is 0.414. The van der Waals surface area contributed by atoms with Gasteiger partial charge in [-0.1, -0.05) is 61.5 Å². The molecule has 0 fully saturated rings. The average Bonchev–Trinajstić information content (AvgIpc) is 2.78. The van der Waals surface area contributed by atoms with Crippen molar-refractivity contribution in [2.45, 2.75) is 13.0 Å². The Hall–Kier alpha value is -2.61. The van der Waals surface area contributed by atoms with Gasteiger partial charge in [-0.25, -0.2) is 0 Å². The van der Waals surface area contributed by atoms with E-state index in [0.717, 1.165) is 21.9 Å². The quantitative estimate of drug-likeness (QED) is 0.430. The van der Waals surface area contributed by atoms with Crippen molar-refractivity contribution in [1.29, 1.82) is 0 Å². The van der Waals surface area contributed by atoms with Crippen LogP contribution in [0.4, 0.5) is 0 Å². The van der Waals surface area contributed by atoms with E-state index in [0.29, 0.717) is 0 Å². The van der Waals surface area contributed by atoms with E-state index in [2.05, 4.69) is 18.6 Å². The molecule has 3 aromatic carbocycles. The summed E-state index contributed by atoms with van der Waals surface area (Å²) in [5, 5.41) is 5.09. The van der Waals surface area contributed by atoms with Crippen LogP contribution in [0.25, 0.3) is 0 Å². The van der Waals surface area contributed by atoms with E-state index >= 15 is 0 Å². The molecule has 3 aromatic rings. The number of benzene rings is 3.